The molecular weight excluding hydrogens is 288 g/mol. The maximum atomic E-state index is 11.2. The molecule has 1 heterocycles. The number of nitrogens with one attached hydrogen (secondary N) is 2. The molecule has 1 amide bonds. The fourth-order valence-corrected chi connectivity index (χ4v) is 2.66. The molecule has 1 aromatic carbocycles. The van der Waals surface area contributed by atoms with Crippen LogP contribution in [-0.4, -0.2) is 47.2 Å². The predicted molar refractivity (Wildman–Crippen MR) is 83.5 cm³/mol. The summed E-state index contributed by atoms with van der Waals surface area (Å²) >= 11 is 0. The standard InChI is InChI=1S/C14H20N4O4/c1-17-7-3-2-4-11(17)9-15-12-6-5-10(16-14(19)20)8-13(12)18(21)22/h5-6,8,11,15-16H,2-4,7,9H2,1H3,(H,19,20)/t11-/m1/s1. The molecule has 1 aliphatic rings. The number of carboxylic acid groups (broad SMARTS) is 1. The van der Waals surface area contributed by atoms with Crippen LogP contribution in [0.25, 0.3) is 0 Å². The quantitative estimate of drug-likeness (QED) is 0.570. The van der Waals surface area contributed by atoms with E-state index in [1.807, 2.05) is 0 Å². The average molecular weight is 308 g/mol. The minimum absolute atomic E-state index is 0.135. The molecule has 22 heavy (non-hydrogen) atoms. The Morgan fingerprint density at radius 2 is 2.27 bits per heavy atom. The van der Waals surface area contributed by atoms with Crippen molar-refractivity contribution in [3.8, 4) is 0 Å². The van der Waals surface area contributed by atoms with Crippen LogP contribution in [0.15, 0.2) is 18.2 Å². The van der Waals surface area contributed by atoms with Gasteiger partial charge >= 0.3 is 6.09 Å². The Kier molecular flexibility index (Phi) is 5.16. The van der Waals surface area contributed by atoms with Gasteiger partial charge in [0.25, 0.3) is 5.69 Å². The van der Waals surface area contributed by atoms with Gasteiger partial charge in [-0.15, -0.1) is 0 Å². The number of hydrogen-bond donors (Lipinski definition) is 3. The topological polar surface area (TPSA) is 108 Å². The highest BCUT2D eigenvalue weighted by molar-refractivity contribution is 5.84. The summed E-state index contributed by atoms with van der Waals surface area (Å²) in [4.78, 5) is 23.5. The average Bonchev–Trinajstić information content (AvgIpc) is 2.46. The molecule has 2 rings (SSSR count). The normalized spacial score (nSPS) is 18.7. The van der Waals surface area contributed by atoms with E-state index in [4.69, 9.17) is 5.11 Å². The van der Waals surface area contributed by atoms with E-state index >= 15 is 0 Å². The van der Waals surface area contributed by atoms with Gasteiger partial charge in [-0.1, -0.05) is 6.42 Å². The third-order valence-corrected chi connectivity index (χ3v) is 3.90. The summed E-state index contributed by atoms with van der Waals surface area (Å²) in [5.41, 5.74) is 0.448. The van der Waals surface area contributed by atoms with Crippen LogP contribution in [0.5, 0.6) is 0 Å². The first-order valence-corrected chi connectivity index (χ1v) is 7.20. The summed E-state index contributed by atoms with van der Waals surface area (Å²) in [5, 5.41) is 25.1. The molecule has 120 valence electrons. The van der Waals surface area contributed by atoms with E-state index in [-0.39, 0.29) is 11.4 Å². The van der Waals surface area contributed by atoms with Gasteiger partial charge in [0.2, 0.25) is 0 Å². The van der Waals surface area contributed by atoms with E-state index in [0.717, 1.165) is 13.0 Å². The minimum Gasteiger partial charge on any atom is -0.465 e. The smallest absolute Gasteiger partial charge is 0.409 e. The lowest BCUT2D eigenvalue weighted by Gasteiger charge is -2.32. The number of likely N-dealkylation sites (N-methyl/N-ethyl adjacent to an activating group) is 1. The largest absolute Gasteiger partial charge is 0.465 e. The molecule has 1 fully saturated rings. The third kappa shape index (κ3) is 4.08. The van der Waals surface area contributed by atoms with Gasteiger partial charge in [0.05, 0.1) is 10.6 Å². The highest BCUT2D eigenvalue weighted by Gasteiger charge is 2.21. The van der Waals surface area contributed by atoms with Gasteiger partial charge in [-0.2, -0.15) is 0 Å². The Morgan fingerprint density at radius 1 is 1.50 bits per heavy atom. The number of piperidine rings is 1. The molecule has 8 heteroatoms. The van der Waals surface area contributed by atoms with Gasteiger partial charge in [0.1, 0.15) is 5.69 Å². The maximum absolute atomic E-state index is 11.2. The van der Waals surface area contributed by atoms with E-state index < -0.39 is 11.0 Å². The second-order valence-electron chi connectivity index (χ2n) is 5.43. The van der Waals surface area contributed by atoms with Crippen LogP contribution >= 0.6 is 0 Å². The maximum Gasteiger partial charge on any atom is 0.409 e. The van der Waals surface area contributed by atoms with E-state index in [9.17, 15) is 14.9 Å². The van der Waals surface area contributed by atoms with E-state index in [1.165, 1.54) is 31.0 Å². The fourth-order valence-electron chi connectivity index (χ4n) is 2.66. The van der Waals surface area contributed by atoms with Crippen LogP contribution in [0.3, 0.4) is 0 Å². The Bertz CT molecular complexity index is 564. The van der Waals surface area contributed by atoms with Crippen LogP contribution in [0, 0.1) is 10.1 Å². The van der Waals surface area contributed by atoms with Crippen LogP contribution < -0.4 is 10.6 Å². The SMILES string of the molecule is CN1CCCC[C@@H]1CNc1ccc(NC(=O)O)cc1[N+](=O)[O-]. The zero-order valence-corrected chi connectivity index (χ0v) is 12.4. The van der Waals surface area contributed by atoms with Crippen molar-refractivity contribution in [2.75, 3.05) is 30.8 Å². The van der Waals surface area contributed by atoms with Crippen molar-refractivity contribution < 1.29 is 14.8 Å². The Balaban J connectivity index is 2.09. The number of nitro benzene ring substituents is 1. The number of rotatable bonds is 5. The zero-order valence-electron chi connectivity index (χ0n) is 12.4. The van der Waals surface area contributed by atoms with Gasteiger partial charge in [0.15, 0.2) is 0 Å². The molecule has 0 radical (unpaired) electrons. The number of benzene rings is 1. The second kappa shape index (κ2) is 7.08. The van der Waals surface area contributed by atoms with E-state index in [0.29, 0.717) is 18.3 Å². The minimum atomic E-state index is -1.25. The lowest BCUT2D eigenvalue weighted by Crippen LogP contribution is -2.40. The van der Waals surface area contributed by atoms with Crippen molar-refractivity contribution >= 4 is 23.2 Å². The van der Waals surface area contributed by atoms with Crippen molar-refractivity contribution in [3.63, 3.8) is 0 Å². The Morgan fingerprint density at radius 3 is 2.91 bits per heavy atom. The molecule has 1 atom stereocenters. The summed E-state index contributed by atoms with van der Waals surface area (Å²) < 4.78 is 0. The molecule has 0 aromatic heterocycles. The molecule has 0 bridgehead atoms. The highest BCUT2D eigenvalue weighted by Crippen LogP contribution is 2.28. The molecule has 3 N–H and O–H groups in total. The molecule has 0 saturated carbocycles. The lowest BCUT2D eigenvalue weighted by molar-refractivity contribution is -0.383. The van der Waals surface area contributed by atoms with Crippen molar-refractivity contribution in [2.24, 2.45) is 0 Å². The fraction of sp³-hybridized carbons (Fsp3) is 0.500. The number of anilines is 2. The van der Waals surface area contributed by atoms with Crippen LogP contribution in [-0.2, 0) is 0 Å². The van der Waals surface area contributed by atoms with Crippen molar-refractivity contribution in [3.05, 3.63) is 28.3 Å². The summed E-state index contributed by atoms with van der Waals surface area (Å²) in [6, 6.07) is 4.62. The van der Waals surface area contributed by atoms with E-state index in [1.54, 1.807) is 0 Å². The van der Waals surface area contributed by atoms with Gasteiger partial charge in [-0.05, 0) is 38.6 Å². The van der Waals surface area contributed by atoms with Gasteiger partial charge in [-0.3, -0.25) is 15.4 Å². The molecular formula is C14H20N4O4. The molecule has 0 unspecified atom stereocenters. The van der Waals surface area contributed by atoms with Crippen molar-refractivity contribution in [1.29, 1.82) is 0 Å². The predicted octanol–water partition coefficient (Wildman–Crippen LogP) is 2.58. The number of nitro groups is 1. The van der Waals surface area contributed by atoms with E-state index in [2.05, 4.69) is 22.6 Å². The Labute approximate surface area is 128 Å². The summed E-state index contributed by atoms with van der Waals surface area (Å²) in [6.45, 7) is 1.67. The van der Waals surface area contributed by atoms with Gasteiger partial charge < -0.3 is 15.3 Å². The summed E-state index contributed by atoms with van der Waals surface area (Å²) in [7, 11) is 2.06. The molecule has 0 aliphatic carbocycles. The summed E-state index contributed by atoms with van der Waals surface area (Å²) in [5.74, 6) is 0. The molecule has 1 aliphatic heterocycles. The lowest BCUT2D eigenvalue weighted by atomic mass is 10.0. The van der Waals surface area contributed by atoms with Crippen LogP contribution in [0.1, 0.15) is 19.3 Å². The molecule has 1 saturated heterocycles. The van der Waals surface area contributed by atoms with Gasteiger partial charge in [-0.25, -0.2) is 4.79 Å². The Hall–Kier alpha value is -2.35. The number of hydrogen-bond acceptors (Lipinski definition) is 5. The number of nitrogens with zero attached hydrogens (tertiary/aromatic N) is 2. The first-order valence-electron chi connectivity index (χ1n) is 7.20. The number of carbonyl (C=O) groups is 1. The molecule has 0 spiro atoms. The first-order chi connectivity index (χ1) is 10.5. The summed E-state index contributed by atoms with van der Waals surface area (Å²) in [6.07, 6.45) is 2.16. The second-order valence-corrected chi connectivity index (χ2v) is 5.43. The van der Waals surface area contributed by atoms with Crippen molar-refractivity contribution in [2.45, 2.75) is 25.3 Å². The number of likely N-dealkylation sites (tertiary alicyclic amines) is 1. The monoisotopic (exact) mass is 308 g/mol. The van der Waals surface area contributed by atoms with Crippen LogP contribution in [0.4, 0.5) is 21.9 Å². The first kappa shape index (κ1) is 16.0. The van der Waals surface area contributed by atoms with Gasteiger partial charge in [0, 0.05) is 18.7 Å². The van der Waals surface area contributed by atoms with Crippen LogP contribution in [0.2, 0.25) is 0 Å². The van der Waals surface area contributed by atoms with Crippen molar-refractivity contribution in [1.82, 2.24) is 4.90 Å². The molecule has 8 nitrogen and oxygen atoms in total. The number of amides is 1. The highest BCUT2D eigenvalue weighted by atomic mass is 16.6. The third-order valence-electron chi connectivity index (χ3n) is 3.90. The zero-order chi connectivity index (χ0) is 16.1. The molecule has 1 aromatic rings.